The van der Waals surface area contributed by atoms with Gasteiger partial charge in [-0.1, -0.05) is 24.3 Å². The second-order valence-electron chi connectivity index (χ2n) is 6.63. The number of carbonyl (C=O) groups is 2. The number of likely N-dealkylation sites (N-methyl/N-ethyl adjacent to an activating group) is 1. The van der Waals surface area contributed by atoms with Gasteiger partial charge in [-0.15, -0.1) is 0 Å². The third kappa shape index (κ3) is 4.16. The van der Waals surface area contributed by atoms with E-state index in [2.05, 4.69) is 25.8 Å². The van der Waals surface area contributed by atoms with Crippen LogP contribution in [0, 0.1) is 0 Å². The van der Waals surface area contributed by atoms with Crippen LogP contribution in [-0.2, 0) is 22.4 Å². The largest absolute Gasteiger partial charge is 0.359 e. The summed E-state index contributed by atoms with van der Waals surface area (Å²) in [6.45, 7) is 0. The maximum absolute atomic E-state index is 12.7. The number of anilines is 1. The molecule has 0 spiro atoms. The summed E-state index contributed by atoms with van der Waals surface area (Å²) in [5, 5.41) is 13.3. The number of imidazole rings is 1. The number of hydrogen-bond donors (Lipinski definition) is 3. The van der Waals surface area contributed by atoms with Crippen LogP contribution in [0.4, 0.5) is 5.95 Å². The van der Waals surface area contributed by atoms with E-state index >= 15 is 0 Å². The van der Waals surface area contributed by atoms with E-state index in [0.29, 0.717) is 11.6 Å². The lowest BCUT2D eigenvalue weighted by molar-refractivity contribution is -0.120. The van der Waals surface area contributed by atoms with Crippen LogP contribution in [0.15, 0.2) is 60.9 Å². The Bertz CT molecular complexity index is 1160. The predicted molar refractivity (Wildman–Crippen MR) is 110 cm³/mol. The minimum atomic E-state index is -0.192. The van der Waals surface area contributed by atoms with E-state index in [1.807, 2.05) is 48.5 Å². The van der Waals surface area contributed by atoms with Crippen LogP contribution in [0.2, 0.25) is 0 Å². The fourth-order valence-corrected chi connectivity index (χ4v) is 3.10. The summed E-state index contributed by atoms with van der Waals surface area (Å²) in [4.78, 5) is 28.8. The van der Waals surface area contributed by atoms with Crippen molar-refractivity contribution in [1.82, 2.24) is 25.1 Å². The highest BCUT2D eigenvalue weighted by atomic mass is 16.2. The van der Waals surface area contributed by atoms with E-state index in [1.165, 1.54) is 0 Å². The van der Waals surface area contributed by atoms with Crippen molar-refractivity contribution >= 4 is 28.7 Å². The fourth-order valence-electron chi connectivity index (χ4n) is 3.10. The monoisotopic (exact) mass is 388 g/mol. The first kappa shape index (κ1) is 18.4. The standard InChI is InChI=1S/C21H20N6O2/c1-22-19(28)11-16-13-27(17-5-3-2-4-6-17)21(24-16)25-20(29)10-14-7-8-18-15(9-14)12-23-26-18/h2-9,12-13H,10-11H2,1H3,(H,22,28)(H,23,26)(H,24,25,29). The average molecular weight is 388 g/mol. The predicted octanol–water partition coefficient (Wildman–Crippen LogP) is 2.22. The third-order valence-electron chi connectivity index (χ3n) is 4.53. The van der Waals surface area contributed by atoms with Crippen LogP contribution in [0.3, 0.4) is 0 Å². The van der Waals surface area contributed by atoms with Gasteiger partial charge in [0.2, 0.25) is 17.8 Å². The van der Waals surface area contributed by atoms with Gasteiger partial charge in [-0.3, -0.25) is 24.6 Å². The van der Waals surface area contributed by atoms with Crippen LogP contribution < -0.4 is 10.6 Å². The van der Waals surface area contributed by atoms with Crippen molar-refractivity contribution in [1.29, 1.82) is 0 Å². The number of hydrogen-bond acceptors (Lipinski definition) is 4. The third-order valence-corrected chi connectivity index (χ3v) is 4.53. The van der Waals surface area contributed by atoms with Crippen molar-refractivity contribution in [3.05, 3.63) is 72.2 Å². The van der Waals surface area contributed by atoms with Crippen molar-refractivity contribution in [2.75, 3.05) is 12.4 Å². The second-order valence-corrected chi connectivity index (χ2v) is 6.63. The minimum Gasteiger partial charge on any atom is -0.359 e. The molecule has 146 valence electrons. The summed E-state index contributed by atoms with van der Waals surface area (Å²) >= 11 is 0. The summed E-state index contributed by atoms with van der Waals surface area (Å²) in [6.07, 6.45) is 3.82. The molecule has 8 heteroatoms. The summed E-state index contributed by atoms with van der Waals surface area (Å²) in [5.74, 6) is 0.0422. The highest BCUT2D eigenvalue weighted by Crippen LogP contribution is 2.18. The van der Waals surface area contributed by atoms with Gasteiger partial charge in [0.05, 0.1) is 30.2 Å². The van der Waals surface area contributed by atoms with Gasteiger partial charge in [0.25, 0.3) is 0 Å². The van der Waals surface area contributed by atoms with Crippen LogP contribution in [0.5, 0.6) is 0 Å². The van der Waals surface area contributed by atoms with E-state index < -0.39 is 0 Å². The van der Waals surface area contributed by atoms with Gasteiger partial charge in [0.15, 0.2) is 0 Å². The molecular weight excluding hydrogens is 368 g/mol. The molecule has 0 saturated carbocycles. The zero-order chi connectivity index (χ0) is 20.2. The molecule has 4 aromatic rings. The molecule has 0 bridgehead atoms. The molecule has 0 aliphatic rings. The van der Waals surface area contributed by atoms with Crippen molar-refractivity contribution in [3.8, 4) is 5.69 Å². The van der Waals surface area contributed by atoms with Gasteiger partial charge in [-0.05, 0) is 29.8 Å². The molecule has 0 aliphatic carbocycles. The molecule has 0 atom stereocenters. The number of nitrogens with one attached hydrogen (secondary N) is 3. The number of rotatable bonds is 6. The Kier molecular flexibility index (Phi) is 5.07. The topological polar surface area (TPSA) is 105 Å². The first-order valence-electron chi connectivity index (χ1n) is 9.18. The van der Waals surface area contributed by atoms with Gasteiger partial charge in [-0.2, -0.15) is 5.10 Å². The summed E-state index contributed by atoms with van der Waals surface area (Å²) in [6, 6.07) is 15.3. The molecule has 29 heavy (non-hydrogen) atoms. The Hall–Kier alpha value is -3.94. The molecule has 0 saturated heterocycles. The molecule has 0 radical (unpaired) electrons. The first-order valence-corrected chi connectivity index (χ1v) is 9.18. The fraction of sp³-hybridized carbons (Fsp3) is 0.143. The number of aromatic amines is 1. The average Bonchev–Trinajstić information content (AvgIpc) is 3.35. The Morgan fingerprint density at radius 1 is 1.07 bits per heavy atom. The van der Waals surface area contributed by atoms with Crippen molar-refractivity contribution in [3.63, 3.8) is 0 Å². The van der Waals surface area contributed by atoms with Crippen molar-refractivity contribution < 1.29 is 9.59 Å². The summed E-state index contributed by atoms with van der Waals surface area (Å²) in [7, 11) is 1.58. The second kappa shape index (κ2) is 7.97. The summed E-state index contributed by atoms with van der Waals surface area (Å²) in [5.41, 5.74) is 3.22. The van der Waals surface area contributed by atoms with Crippen molar-refractivity contribution in [2.24, 2.45) is 0 Å². The van der Waals surface area contributed by atoms with Gasteiger partial charge in [0, 0.05) is 24.3 Å². The number of aromatic nitrogens is 4. The number of nitrogens with zero attached hydrogens (tertiary/aromatic N) is 3. The molecule has 0 fully saturated rings. The Morgan fingerprint density at radius 3 is 2.69 bits per heavy atom. The molecule has 2 amide bonds. The maximum atomic E-state index is 12.7. The molecule has 3 N–H and O–H groups in total. The van der Waals surface area contributed by atoms with Gasteiger partial charge in [0.1, 0.15) is 0 Å². The number of carbonyl (C=O) groups excluding carboxylic acids is 2. The Morgan fingerprint density at radius 2 is 1.90 bits per heavy atom. The van der Waals surface area contributed by atoms with E-state index in [4.69, 9.17) is 0 Å². The van der Waals surface area contributed by atoms with E-state index in [1.54, 1.807) is 24.0 Å². The molecule has 8 nitrogen and oxygen atoms in total. The highest BCUT2D eigenvalue weighted by Gasteiger charge is 2.15. The molecule has 2 heterocycles. The van der Waals surface area contributed by atoms with Gasteiger partial charge < -0.3 is 5.32 Å². The van der Waals surface area contributed by atoms with Crippen LogP contribution in [0.1, 0.15) is 11.3 Å². The lowest BCUT2D eigenvalue weighted by Gasteiger charge is -2.09. The van der Waals surface area contributed by atoms with E-state index in [9.17, 15) is 9.59 Å². The zero-order valence-electron chi connectivity index (χ0n) is 15.8. The minimum absolute atomic E-state index is 0.135. The summed E-state index contributed by atoms with van der Waals surface area (Å²) < 4.78 is 1.77. The number of amides is 2. The first-order chi connectivity index (χ1) is 14.1. The number of benzene rings is 2. The van der Waals surface area contributed by atoms with Gasteiger partial charge >= 0.3 is 0 Å². The highest BCUT2D eigenvalue weighted by molar-refractivity contribution is 5.92. The van der Waals surface area contributed by atoms with Crippen molar-refractivity contribution in [2.45, 2.75) is 12.8 Å². The van der Waals surface area contributed by atoms with Crippen LogP contribution in [-0.4, -0.2) is 38.6 Å². The van der Waals surface area contributed by atoms with Gasteiger partial charge in [-0.25, -0.2) is 4.98 Å². The number of fused-ring (bicyclic) bond motifs is 1. The van der Waals surface area contributed by atoms with E-state index in [0.717, 1.165) is 22.2 Å². The molecule has 2 aromatic heterocycles. The molecule has 2 aromatic carbocycles. The van der Waals surface area contributed by atoms with Crippen LogP contribution in [0.25, 0.3) is 16.6 Å². The molecular formula is C21H20N6O2. The molecule has 0 aliphatic heterocycles. The lowest BCUT2D eigenvalue weighted by Crippen LogP contribution is -2.20. The Balaban J connectivity index is 1.57. The number of para-hydroxylation sites is 1. The SMILES string of the molecule is CNC(=O)Cc1cn(-c2ccccc2)c(NC(=O)Cc2ccc3[nH]ncc3c2)n1. The quantitative estimate of drug-likeness (QED) is 0.471. The smallest absolute Gasteiger partial charge is 0.231 e. The zero-order valence-corrected chi connectivity index (χ0v) is 15.8. The number of H-pyrrole nitrogens is 1. The molecule has 0 unspecified atom stereocenters. The lowest BCUT2D eigenvalue weighted by atomic mass is 10.1. The molecule has 4 rings (SSSR count). The maximum Gasteiger partial charge on any atom is 0.231 e. The van der Waals surface area contributed by atoms with E-state index in [-0.39, 0.29) is 24.7 Å². The Labute approximate surface area is 167 Å². The van der Waals surface area contributed by atoms with Crippen LogP contribution >= 0.6 is 0 Å². The normalized spacial score (nSPS) is 10.8.